The summed E-state index contributed by atoms with van der Waals surface area (Å²) in [6.45, 7) is 1.58. The average Bonchev–Trinajstić information content (AvgIpc) is 3.12. The Labute approximate surface area is 124 Å². The Hall–Kier alpha value is -2.61. The van der Waals surface area contributed by atoms with E-state index in [1.807, 2.05) is 0 Å². The van der Waals surface area contributed by atoms with Gasteiger partial charge in [-0.25, -0.2) is 9.55 Å². The number of fused-ring (bicyclic) bond motifs is 5. The molecule has 8 nitrogen and oxygen atoms in total. The molecular weight excluding hydrogens is 290 g/mol. The van der Waals surface area contributed by atoms with Crippen LogP contribution in [0.3, 0.4) is 0 Å². The third kappa shape index (κ3) is 1.52. The summed E-state index contributed by atoms with van der Waals surface area (Å²) >= 11 is 0. The zero-order valence-electron chi connectivity index (χ0n) is 11.7. The number of aromatic hydroxyl groups is 2. The lowest BCUT2D eigenvalue weighted by Gasteiger charge is -2.10. The van der Waals surface area contributed by atoms with Crippen molar-refractivity contribution in [1.82, 2.24) is 9.55 Å². The smallest absolute Gasteiger partial charge is 0.290 e. The molecule has 2 aromatic rings. The third-order valence-electron chi connectivity index (χ3n) is 4.35. The van der Waals surface area contributed by atoms with E-state index in [0.29, 0.717) is 16.7 Å². The van der Waals surface area contributed by atoms with E-state index in [2.05, 4.69) is 4.98 Å². The van der Waals surface area contributed by atoms with Crippen LogP contribution in [0.4, 0.5) is 5.69 Å². The van der Waals surface area contributed by atoms with E-state index >= 15 is 0 Å². The minimum Gasteiger partial charge on any atom is -0.494 e. The summed E-state index contributed by atoms with van der Waals surface area (Å²) in [6.07, 6.45) is 2.33. The molecule has 2 aromatic heterocycles. The molecule has 4 heterocycles. The van der Waals surface area contributed by atoms with Crippen molar-refractivity contribution in [3.8, 4) is 17.6 Å². The Bertz CT molecular complexity index is 780. The van der Waals surface area contributed by atoms with Crippen LogP contribution in [0.15, 0.2) is 12.3 Å². The summed E-state index contributed by atoms with van der Waals surface area (Å²) in [5.74, 6) is 0.0211. The molecule has 2 N–H and O–H groups in total. The Morgan fingerprint density at radius 1 is 1.32 bits per heavy atom. The third-order valence-corrected chi connectivity index (χ3v) is 4.35. The molecule has 0 spiro atoms. The molecule has 2 atom stereocenters. The predicted octanol–water partition coefficient (Wildman–Crippen LogP) is 2.41. The van der Waals surface area contributed by atoms with Crippen LogP contribution in [-0.4, -0.2) is 24.7 Å². The number of hydrogen-bond donors (Lipinski definition) is 2. The molecule has 0 aromatic carbocycles. The number of aryl methyl sites for hydroxylation is 1. The first kappa shape index (κ1) is 13.1. The fourth-order valence-corrected chi connectivity index (χ4v) is 3.34. The molecule has 0 aliphatic carbocycles. The normalized spacial score (nSPS) is 22.0. The van der Waals surface area contributed by atoms with Gasteiger partial charge in [0.25, 0.3) is 5.69 Å². The number of nitrogens with zero attached hydrogens (tertiary/aromatic N) is 3. The molecule has 1 fully saturated rings. The lowest BCUT2D eigenvalue weighted by atomic mass is 9.95. The van der Waals surface area contributed by atoms with Gasteiger partial charge < -0.3 is 14.9 Å². The number of aromatic nitrogens is 2. The van der Waals surface area contributed by atoms with Gasteiger partial charge >= 0.3 is 0 Å². The van der Waals surface area contributed by atoms with E-state index in [0.717, 1.165) is 19.0 Å². The first-order valence-electron chi connectivity index (χ1n) is 6.92. The zero-order chi connectivity index (χ0) is 15.6. The predicted molar refractivity (Wildman–Crippen MR) is 74.1 cm³/mol. The van der Waals surface area contributed by atoms with Crippen molar-refractivity contribution in [2.75, 3.05) is 0 Å². The summed E-state index contributed by atoms with van der Waals surface area (Å²) in [5, 5.41) is 31.7. The summed E-state index contributed by atoms with van der Waals surface area (Å²) < 4.78 is 6.88. The van der Waals surface area contributed by atoms with Crippen molar-refractivity contribution in [2.45, 2.75) is 32.0 Å². The van der Waals surface area contributed by atoms with Crippen molar-refractivity contribution in [2.24, 2.45) is 0 Å². The molecule has 2 aliphatic heterocycles. The van der Waals surface area contributed by atoms with Crippen LogP contribution in [0, 0.1) is 17.0 Å². The molecule has 4 rings (SSSR count). The lowest BCUT2D eigenvalue weighted by Crippen LogP contribution is -2.01. The molecule has 22 heavy (non-hydrogen) atoms. The van der Waals surface area contributed by atoms with Gasteiger partial charge in [0.15, 0.2) is 0 Å². The van der Waals surface area contributed by atoms with Crippen LogP contribution in [0.2, 0.25) is 0 Å². The van der Waals surface area contributed by atoms with Gasteiger partial charge in [-0.1, -0.05) is 0 Å². The molecule has 1 saturated heterocycles. The minimum atomic E-state index is -0.518. The maximum atomic E-state index is 10.9. The number of nitro groups is 1. The number of pyridine rings is 1. The van der Waals surface area contributed by atoms with Crippen LogP contribution in [-0.2, 0) is 4.74 Å². The van der Waals surface area contributed by atoms with E-state index in [9.17, 15) is 20.3 Å². The largest absolute Gasteiger partial charge is 0.494 e. The van der Waals surface area contributed by atoms with Crippen LogP contribution in [0.1, 0.15) is 41.7 Å². The topological polar surface area (TPSA) is 111 Å². The highest BCUT2D eigenvalue weighted by molar-refractivity contribution is 5.57. The Balaban J connectivity index is 1.88. The molecular formula is C14H13N3O5. The van der Waals surface area contributed by atoms with Gasteiger partial charge in [0.2, 0.25) is 11.8 Å². The van der Waals surface area contributed by atoms with E-state index in [1.165, 1.54) is 10.6 Å². The zero-order valence-corrected chi connectivity index (χ0v) is 11.7. The van der Waals surface area contributed by atoms with Gasteiger partial charge in [0, 0.05) is 5.56 Å². The quantitative estimate of drug-likeness (QED) is 0.651. The first-order chi connectivity index (χ1) is 10.5. The van der Waals surface area contributed by atoms with E-state index < -0.39 is 4.92 Å². The maximum absolute atomic E-state index is 10.9. The Morgan fingerprint density at radius 3 is 2.41 bits per heavy atom. The fourth-order valence-electron chi connectivity index (χ4n) is 3.34. The molecule has 0 amide bonds. The summed E-state index contributed by atoms with van der Waals surface area (Å²) in [6, 6.07) is 1.47. The number of hydrogen-bond acceptors (Lipinski definition) is 6. The highest BCUT2D eigenvalue weighted by Crippen LogP contribution is 2.58. The number of rotatable bonds is 2. The lowest BCUT2D eigenvalue weighted by molar-refractivity contribution is -0.385. The molecule has 0 saturated carbocycles. The molecule has 0 unspecified atom stereocenters. The van der Waals surface area contributed by atoms with E-state index in [-0.39, 0.29) is 35.5 Å². The monoisotopic (exact) mass is 303 g/mol. The van der Waals surface area contributed by atoms with Gasteiger partial charge in [0.05, 0.1) is 28.3 Å². The van der Waals surface area contributed by atoms with Crippen LogP contribution in [0.5, 0.6) is 11.8 Å². The van der Waals surface area contributed by atoms with Crippen molar-refractivity contribution in [3.63, 3.8) is 0 Å². The van der Waals surface area contributed by atoms with E-state index in [1.54, 1.807) is 6.92 Å². The molecule has 2 aliphatic rings. The van der Waals surface area contributed by atoms with Crippen molar-refractivity contribution in [3.05, 3.63) is 39.1 Å². The second-order valence-electron chi connectivity index (χ2n) is 5.59. The Kier molecular flexibility index (Phi) is 2.50. The van der Waals surface area contributed by atoms with Gasteiger partial charge in [-0.15, -0.1) is 0 Å². The summed E-state index contributed by atoms with van der Waals surface area (Å²) in [5.41, 5.74) is 1.51. The second-order valence-corrected chi connectivity index (χ2v) is 5.59. The Morgan fingerprint density at radius 2 is 1.91 bits per heavy atom. The standard InChI is InChI=1S/C14H13N3O5/c1-6-4-10(15-5-7(6)17(20)21)16-13(18)11-8-2-3-9(22-8)12(11)14(16)19/h4-5,8-9,18-19H,2-3H2,1H3/t8-,9+. The molecule has 8 heteroatoms. The first-order valence-corrected chi connectivity index (χ1v) is 6.92. The summed E-state index contributed by atoms with van der Waals surface area (Å²) in [4.78, 5) is 14.3. The van der Waals surface area contributed by atoms with E-state index in [4.69, 9.17) is 4.74 Å². The highest BCUT2D eigenvalue weighted by Gasteiger charge is 2.45. The van der Waals surface area contributed by atoms with Crippen LogP contribution in [0.25, 0.3) is 5.82 Å². The number of ether oxygens (including phenoxy) is 1. The highest BCUT2D eigenvalue weighted by atomic mass is 16.6. The van der Waals surface area contributed by atoms with Gasteiger partial charge in [-0.2, -0.15) is 0 Å². The van der Waals surface area contributed by atoms with Crippen molar-refractivity contribution < 1.29 is 19.9 Å². The van der Waals surface area contributed by atoms with Crippen LogP contribution < -0.4 is 0 Å². The van der Waals surface area contributed by atoms with Crippen molar-refractivity contribution in [1.29, 1.82) is 0 Å². The summed E-state index contributed by atoms with van der Waals surface area (Å²) in [7, 11) is 0. The fraction of sp³-hybridized carbons (Fsp3) is 0.357. The van der Waals surface area contributed by atoms with Gasteiger partial charge in [-0.3, -0.25) is 10.1 Å². The van der Waals surface area contributed by atoms with Gasteiger partial charge in [0.1, 0.15) is 12.0 Å². The second kappa shape index (κ2) is 4.20. The molecule has 0 radical (unpaired) electrons. The van der Waals surface area contributed by atoms with Gasteiger partial charge in [-0.05, 0) is 25.8 Å². The SMILES string of the molecule is Cc1cc(-n2c(O)c3c(c2O)[C@H]2CC[C@@H]3O2)ncc1[N+](=O)[O-]. The molecule has 114 valence electrons. The maximum Gasteiger partial charge on any atom is 0.290 e. The van der Waals surface area contributed by atoms with Crippen molar-refractivity contribution >= 4 is 5.69 Å². The molecule has 2 bridgehead atoms. The minimum absolute atomic E-state index is 0.106. The van der Waals surface area contributed by atoms with Crippen LogP contribution >= 0.6 is 0 Å². The average molecular weight is 303 g/mol.